The van der Waals surface area contributed by atoms with E-state index in [0.29, 0.717) is 0 Å². The van der Waals surface area contributed by atoms with E-state index in [1.807, 2.05) is 0 Å². The Kier molecular flexibility index (Phi) is 3.08. The van der Waals surface area contributed by atoms with Crippen LogP contribution in [0.1, 0.15) is 5.56 Å². The van der Waals surface area contributed by atoms with Gasteiger partial charge in [0.15, 0.2) is 6.61 Å². The maximum Gasteiger partial charge on any atom is 0.422 e. The Morgan fingerprint density at radius 3 is 2.73 bits per heavy atom. The molecule has 8 heteroatoms. The predicted octanol–water partition coefficient (Wildman–Crippen LogP) is 0.702. The molecule has 0 aromatic carbocycles. The predicted molar refractivity (Wildman–Crippen MR) is 44.6 cm³/mol. The Morgan fingerprint density at radius 1 is 1.53 bits per heavy atom. The molecule has 0 bridgehead atoms. The van der Waals surface area contributed by atoms with Crippen molar-refractivity contribution in [2.24, 2.45) is 5.73 Å². The molecule has 0 aliphatic rings. The van der Waals surface area contributed by atoms with Gasteiger partial charge in [0.2, 0.25) is 5.88 Å². The second-order valence-electron chi connectivity index (χ2n) is 2.57. The topological polar surface area (TPSA) is 84.9 Å². The van der Waals surface area contributed by atoms with E-state index in [1.54, 1.807) is 0 Å². The normalized spacial score (nSPS) is 11.1. The van der Waals surface area contributed by atoms with Crippen molar-refractivity contribution in [3.05, 3.63) is 17.8 Å². The minimum Gasteiger partial charge on any atom is -0.466 e. The Morgan fingerprint density at radius 2 is 2.20 bits per heavy atom. The zero-order valence-electron chi connectivity index (χ0n) is 7.38. The number of nitrogens with zero attached hydrogens (tertiary/aromatic N) is 2. The van der Waals surface area contributed by atoms with E-state index in [1.165, 1.54) is 12.3 Å². The number of ether oxygens (including phenoxy) is 1. The average Bonchev–Trinajstić information content (AvgIpc) is 2.14. The van der Waals surface area contributed by atoms with Crippen molar-refractivity contribution in [3.63, 3.8) is 0 Å². The molecule has 0 radical (unpaired) electrons. The van der Waals surface area contributed by atoms with Crippen LogP contribution in [0.15, 0.2) is 12.3 Å². The summed E-state index contributed by atoms with van der Waals surface area (Å²) >= 11 is 0. The van der Waals surface area contributed by atoms with Gasteiger partial charge >= 0.3 is 6.18 Å². The van der Waals surface area contributed by atoms with Crippen molar-refractivity contribution in [2.75, 3.05) is 6.61 Å². The third-order valence-corrected chi connectivity index (χ3v) is 1.35. The van der Waals surface area contributed by atoms with E-state index in [-0.39, 0.29) is 5.56 Å². The second-order valence-corrected chi connectivity index (χ2v) is 2.57. The van der Waals surface area contributed by atoms with Gasteiger partial charge < -0.3 is 10.5 Å². The smallest absolute Gasteiger partial charge is 0.422 e. The van der Waals surface area contributed by atoms with Gasteiger partial charge in [-0.2, -0.15) is 18.3 Å². The Hall–Kier alpha value is -1.86. The third kappa shape index (κ3) is 3.41. The summed E-state index contributed by atoms with van der Waals surface area (Å²) in [5.41, 5.74) is 5.09. The lowest BCUT2D eigenvalue weighted by atomic mass is 10.3. The van der Waals surface area contributed by atoms with Crippen LogP contribution < -0.4 is 10.5 Å². The summed E-state index contributed by atoms with van der Waals surface area (Å²) in [5.74, 6) is -0.829. The SMILES string of the molecule is N=C(N)c1ccnnc1OCC(F)(F)F. The first-order valence-corrected chi connectivity index (χ1v) is 3.76. The standard InChI is InChI=1S/C7H7F3N4O/c8-7(9,10)3-15-6-4(5(11)12)1-2-13-14-6/h1-2H,3H2,(H3,11,12). The number of aromatic nitrogens is 2. The number of nitrogens with one attached hydrogen (secondary N) is 1. The quantitative estimate of drug-likeness (QED) is 0.580. The van der Waals surface area contributed by atoms with Gasteiger partial charge in [0.05, 0.1) is 11.8 Å². The number of alkyl halides is 3. The molecular weight excluding hydrogens is 213 g/mol. The van der Waals surface area contributed by atoms with Crippen molar-refractivity contribution in [2.45, 2.75) is 6.18 Å². The van der Waals surface area contributed by atoms with E-state index in [2.05, 4.69) is 14.9 Å². The fourth-order valence-corrected chi connectivity index (χ4v) is 0.781. The number of nitrogens with two attached hydrogens (primary N) is 1. The van der Waals surface area contributed by atoms with Gasteiger partial charge in [-0.3, -0.25) is 5.41 Å². The maximum atomic E-state index is 11.8. The van der Waals surface area contributed by atoms with Gasteiger partial charge in [0.25, 0.3) is 0 Å². The van der Waals surface area contributed by atoms with Crippen LogP contribution in [0.5, 0.6) is 5.88 Å². The van der Waals surface area contributed by atoms with Crippen molar-refractivity contribution in [1.29, 1.82) is 5.41 Å². The molecule has 3 N–H and O–H groups in total. The molecule has 82 valence electrons. The second kappa shape index (κ2) is 4.11. The summed E-state index contributed by atoms with van der Waals surface area (Å²) < 4.78 is 39.8. The zero-order chi connectivity index (χ0) is 11.5. The third-order valence-electron chi connectivity index (χ3n) is 1.35. The fraction of sp³-hybridized carbons (Fsp3) is 0.286. The number of hydrogen-bond acceptors (Lipinski definition) is 4. The molecule has 1 heterocycles. The van der Waals surface area contributed by atoms with Crippen LogP contribution in [0, 0.1) is 5.41 Å². The molecular formula is C7H7F3N4O. The number of halogens is 3. The largest absolute Gasteiger partial charge is 0.466 e. The Labute approximate surface area is 82.6 Å². The first-order chi connectivity index (χ1) is 6.90. The molecule has 0 amide bonds. The minimum atomic E-state index is -4.47. The number of rotatable bonds is 3. The summed E-state index contributed by atoms with van der Waals surface area (Å²) in [5, 5.41) is 13.7. The van der Waals surface area contributed by atoms with Crippen LogP contribution in [-0.2, 0) is 0 Å². The molecule has 1 aromatic heterocycles. The first kappa shape index (κ1) is 11.2. The molecule has 0 spiro atoms. The molecule has 0 saturated heterocycles. The van der Waals surface area contributed by atoms with Crippen LogP contribution in [0.4, 0.5) is 13.2 Å². The Bertz CT molecular complexity index is 365. The highest BCUT2D eigenvalue weighted by Gasteiger charge is 2.29. The highest BCUT2D eigenvalue weighted by molar-refractivity contribution is 5.96. The summed E-state index contributed by atoms with van der Waals surface area (Å²) in [6, 6.07) is 1.25. The molecule has 1 aromatic rings. The zero-order valence-corrected chi connectivity index (χ0v) is 7.38. The highest BCUT2D eigenvalue weighted by Crippen LogP contribution is 2.18. The molecule has 0 saturated carbocycles. The highest BCUT2D eigenvalue weighted by atomic mass is 19.4. The van der Waals surface area contributed by atoms with Gasteiger partial charge in [-0.1, -0.05) is 0 Å². The molecule has 1 rings (SSSR count). The summed E-state index contributed by atoms with van der Waals surface area (Å²) in [7, 11) is 0. The number of amidine groups is 1. The monoisotopic (exact) mass is 220 g/mol. The van der Waals surface area contributed by atoms with E-state index < -0.39 is 24.5 Å². The van der Waals surface area contributed by atoms with Crippen LogP contribution >= 0.6 is 0 Å². The van der Waals surface area contributed by atoms with Crippen LogP contribution in [-0.4, -0.2) is 28.8 Å². The molecule has 15 heavy (non-hydrogen) atoms. The summed E-state index contributed by atoms with van der Waals surface area (Å²) in [6.07, 6.45) is -3.26. The average molecular weight is 220 g/mol. The van der Waals surface area contributed by atoms with Crippen LogP contribution in [0.3, 0.4) is 0 Å². The van der Waals surface area contributed by atoms with Gasteiger partial charge in [-0.05, 0) is 6.07 Å². The molecule has 0 fully saturated rings. The van der Waals surface area contributed by atoms with Gasteiger partial charge in [0, 0.05) is 0 Å². The van der Waals surface area contributed by atoms with E-state index in [9.17, 15) is 13.2 Å². The lowest BCUT2D eigenvalue weighted by Crippen LogP contribution is -2.22. The molecule has 0 unspecified atom stereocenters. The maximum absolute atomic E-state index is 11.8. The fourth-order valence-electron chi connectivity index (χ4n) is 0.781. The summed E-state index contributed by atoms with van der Waals surface area (Å²) in [4.78, 5) is 0. The van der Waals surface area contributed by atoms with Gasteiger partial charge in [-0.15, -0.1) is 5.10 Å². The molecule has 0 aliphatic carbocycles. The lowest BCUT2D eigenvalue weighted by Gasteiger charge is -2.09. The van der Waals surface area contributed by atoms with E-state index in [4.69, 9.17) is 11.1 Å². The van der Waals surface area contributed by atoms with Crippen molar-refractivity contribution < 1.29 is 17.9 Å². The van der Waals surface area contributed by atoms with Crippen LogP contribution in [0.25, 0.3) is 0 Å². The van der Waals surface area contributed by atoms with Crippen molar-refractivity contribution >= 4 is 5.84 Å². The lowest BCUT2D eigenvalue weighted by molar-refractivity contribution is -0.154. The molecule has 0 atom stereocenters. The van der Waals surface area contributed by atoms with Crippen molar-refractivity contribution in [1.82, 2.24) is 10.2 Å². The first-order valence-electron chi connectivity index (χ1n) is 3.76. The van der Waals surface area contributed by atoms with Gasteiger partial charge in [0.1, 0.15) is 5.84 Å². The van der Waals surface area contributed by atoms with E-state index >= 15 is 0 Å². The van der Waals surface area contributed by atoms with Crippen molar-refractivity contribution in [3.8, 4) is 5.88 Å². The van der Waals surface area contributed by atoms with Crippen LogP contribution in [0.2, 0.25) is 0 Å². The summed E-state index contributed by atoms with van der Waals surface area (Å²) in [6.45, 7) is -1.49. The van der Waals surface area contributed by atoms with Gasteiger partial charge in [-0.25, -0.2) is 0 Å². The minimum absolute atomic E-state index is 0.0192. The molecule has 5 nitrogen and oxygen atoms in total. The molecule has 0 aliphatic heterocycles. The number of hydrogen-bond donors (Lipinski definition) is 2. The number of nitrogen functional groups attached to an aromatic ring is 1. The van der Waals surface area contributed by atoms with E-state index in [0.717, 1.165) is 0 Å². The Balaban J connectivity index is 2.81.